The lowest BCUT2D eigenvalue weighted by atomic mass is 10.2. The number of rotatable bonds is 13. The molecule has 0 spiro atoms. The highest BCUT2D eigenvalue weighted by Crippen LogP contribution is 2.71. The van der Waals surface area contributed by atoms with Crippen LogP contribution in [0.3, 0.4) is 0 Å². The fourth-order valence-corrected chi connectivity index (χ4v) is 6.83. The van der Waals surface area contributed by atoms with Gasteiger partial charge in [0.15, 0.2) is 0 Å². The van der Waals surface area contributed by atoms with Crippen molar-refractivity contribution in [1.82, 2.24) is 0 Å². The molecule has 0 saturated heterocycles. The predicted molar refractivity (Wildman–Crippen MR) is 127 cm³/mol. The van der Waals surface area contributed by atoms with Gasteiger partial charge in [0.25, 0.3) is 0 Å². The second kappa shape index (κ2) is 12.9. The Morgan fingerprint density at radius 3 is 1.52 bits per heavy atom. The van der Waals surface area contributed by atoms with Crippen molar-refractivity contribution in [3.63, 3.8) is 0 Å². The number of methoxy groups -OCH3 is 2. The lowest BCUT2D eigenvalue weighted by molar-refractivity contribution is 0.146. The third-order valence-corrected chi connectivity index (χ3v) is 8.49. The van der Waals surface area contributed by atoms with Crippen LogP contribution in [-0.2, 0) is 22.7 Å². The fraction of sp³-hybridized carbons (Fsp3) is 0.636. The number of hydrogen-bond donors (Lipinski definition) is 0. The molecule has 9 heteroatoms. The van der Waals surface area contributed by atoms with E-state index in [9.17, 15) is 4.57 Å². The van der Waals surface area contributed by atoms with Crippen molar-refractivity contribution in [3.05, 3.63) is 28.8 Å². The summed E-state index contributed by atoms with van der Waals surface area (Å²) in [5, 5.41) is 0.350. The molecule has 0 fully saturated rings. The van der Waals surface area contributed by atoms with Gasteiger partial charge in [0.1, 0.15) is 16.6 Å². The summed E-state index contributed by atoms with van der Waals surface area (Å²) < 4.78 is 48.9. The van der Waals surface area contributed by atoms with Crippen LogP contribution in [-0.4, -0.2) is 38.6 Å². The van der Waals surface area contributed by atoms with E-state index in [4.69, 9.17) is 27.6 Å². The maximum Gasteiger partial charge on any atom is 0.366 e. The van der Waals surface area contributed by atoms with Gasteiger partial charge in [-0.1, -0.05) is 0 Å². The molecule has 0 N–H and O–H groups in total. The SMILES string of the molecule is COc1cc(/C=C(\P(OC(C)C)OC(C)C)P(=O)(OC(C)C)OC(C)C)cc(OC)c1. The molecule has 31 heavy (non-hydrogen) atoms. The van der Waals surface area contributed by atoms with E-state index in [-0.39, 0.29) is 24.4 Å². The van der Waals surface area contributed by atoms with Crippen LogP contribution in [0, 0.1) is 0 Å². The largest absolute Gasteiger partial charge is 0.497 e. The molecule has 0 aromatic heterocycles. The summed E-state index contributed by atoms with van der Waals surface area (Å²) in [6.45, 7) is 14.9. The van der Waals surface area contributed by atoms with Gasteiger partial charge in [-0.05, 0) is 79.2 Å². The highest BCUT2D eigenvalue weighted by molar-refractivity contribution is 7.76. The quantitative estimate of drug-likeness (QED) is 0.279. The second-order valence-corrected chi connectivity index (χ2v) is 11.7. The highest BCUT2D eigenvalue weighted by Gasteiger charge is 2.40. The molecule has 7 nitrogen and oxygen atoms in total. The maximum absolute atomic E-state index is 14.1. The zero-order valence-corrected chi connectivity index (χ0v) is 22.2. The third kappa shape index (κ3) is 9.61. The molecule has 1 aromatic rings. The number of hydrogen-bond acceptors (Lipinski definition) is 7. The minimum absolute atomic E-state index is 0.153. The van der Waals surface area contributed by atoms with E-state index in [1.54, 1.807) is 26.4 Å². The zero-order chi connectivity index (χ0) is 23.8. The molecule has 0 heterocycles. The Kier molecular flexibility index (Phi) is 11.7. The molecule has 0 radical (unpaired) electrons. The first kappa shape index (κ1) is 28.1. The molecule has 0 aliphatic carbocycles. The molecule has 178 valence electrons. The lowest BCUT2D eigenvalue weighted by Crippen LogP contribution is -2.12. The van der Waals surface area contributed by atoms with E-state index in [2.05, 4.69) is 0 Å². The zero-order valence-electron chi connectivity index (χ0n) is 20.4. The van der Waals surface area contributed by atoms with Crippen LogP contribution in [0.5, 0.6) is 11.5 Å². The first-order chi connectivity index (χ1) is 14.4. The second-order valence-electron chi connectivity index (χ2n) is 8.02. The van der Waals surface area contributed by atoms with E-state index in [0.717, 1.165) is 0 Å². The summed E-state index contributed by atoms with van der Waals surface area (Å²) in [5.74, 6) is 1.21. The van der Waals surface area contributed by atoms with Crippen LogP contribution < -0.4 is 9.47 Å². The van der Waals surface area contributed by atoms with Gasteiger partial charge in [-0.15, -0.1) is 0 Å². The van der Waals surface area contributed by atoms with E-state index in [0.29, 0.717) is 22.1 Å². The Bertz CT molecular complexity index is 714. The molecule has 1 aromatic carbocycles. The number of benzene rings is 1. The molecule has 0 aliphatic heterocycles. The molecule has 0 bridgehead atoms. The lowest BCUT2D eigenvalue weighted by Gasteiger charge is -2.30. The minimum Gasteiger partial charge on any atom is -0.497 e. The van der Waals surface area contributed by atoms with Gasteiger partial charge >= 0.3 is 7.60 Å². The molecule has 0 unspecified atom stereocenters. The Balaban J connectivity index is 3.74. The van der Waals surface area contributed by atoms with Crippen molar-refractivity contribution < 1.29 is 32.1 Å². The summed E-state index contributed by atoms with van der Waals surface area (Å²) in [5.41, 5.74) is 0.707. The van der Waals surface area contributed by atoms with Gasteiger partial charge in [-0.2, -0.15) is 0 Å². The van der Waals surface area contributed by atoms with Crippen LogP contribution in [0.4, 0.5) is 0 Å². The van der Waals surface area contributed by atoms with E-state index >= 15 is 0 Å². The number of ether oxygens (including phenoxy) is 2. The molecule has 0 atom stereocenters. The van der Waals surface area contributed by atoms with Crippen molar-refractivity contribution in [3.8, 4) is 11.5 Å². The standard InChI is InChI=1S/C22H38O7P2/c1-15(2)26-30(27-16(3)4)22(31(23,28-17(5)6)29-18(7)8)13-19-11-20(24-9)14-21(12-19)25-10/h11-18H,1-10H3/b22-13+. The van der Waals surface area contributed by atoms with Crippen LogP contribution >= 0.6 is 16.0 Å². The molecular formula is C22H38O7P2. The first-order valence-electron chi connectivity index (χ1n) is 10.5. The highest BCUT2D eigenvalue weighted by atomic mass is 31.2. The van der Waals surface area contributed by atoms with Crippen molar-refractivity contribution in [1.29, 1.82) is 0 Å². The molecular weight excluding hydrogens is 438 g/mol. The van der Waals surface area contributed by atoms with Crippen LogP contribution in [0.2, 0.25) is 0 Å². The maximum atomic E-state index is 14.1. The third-order valence-electron chi connectivity index (χ3n) is 3.45. The Labute approximate surface area is 188 Å². The van der Waals surface area contributed by atoms with Gasteiger partial charge in [0.2, 0.25) is 8.38 Å². The van der Waals surface area contributed by atoms with Gasteiger partial charge in [0, 0.05) is 6.07 Å². The van der Waals surface area contributed by atoms with Gasteiger partial charge < -0.3 is 27.6 Å². The van der Waals surface area contributed by atoms with Crippen LogP contribution in [0.25, 0.3) is 6.08 Å². The van der Waals surface area contributed by atoms with Crippen LogP contribution in [0.1, 0.15) is 61.0 Å². The van der Waals surface area contributed by atoms with Crippen molar-refractivity contribution >= 4 is 22.0 Å². The van der Waals surface area contributed by atoms with E-state index in [1.165, 1.54) is 0 Å². The monoisotopic (exact) mass is 476 g/mol. The van der Waals surface area contributed by atoms with Gasteiger partial charge in [-0.3, -0.25) is 4.57 Å². The topological polar surface area (TPSA) is 72.5 Å². The predicted octanol–water partition coefficient (Wildman–Crippen LogP) is 7.21. The Morgan fingerprint density at radius 1 is 0.774 bits per heavy atom. The molecule has 0 saturated carbocycles. The van der Waals surface area contributed by atoms with Crippen molar-refractivity contribution in [2.24, 2.45) is 0 Å². The van der Waals surface area contributed by atoms with E-state index < -0.39 is 16.0 Å². The van der Waals surface area contributed by atoms with Gasteiger partial charge in [0.05, 0.1) is 38.6 Å². The average Bonchev–Trinajstić information content (AvgIpc) is 2.62. The smallest absolute Gasteiger partial charge is 0.366 e. The van der Waals surface area contributed by atoms with Crippen molar-refractivity contribution in [2.75, 3.05) is 14.2 Å². The average molecular weight is 476 g/mol. The summed E-state index contributed by atoms with van der Waals surface area (Å²) in [7, 11) is -2.35. The Hall–Kier alpha value is -0.940. The van der Waals surface area contributed by atoms with Crippen molar-refractivity contribution in [2.45, 2.75) is 79.8 Å². The fourth-order valence-electron chi connectivity index (χ4n) is 2.50. The molecule has 0 aliphatic rings. The summed E-state index contributed by atoms with van der Waals surface area (Å²) in [6, 6.07) is 5.40. The van der Waals surface area contributed by atoms with E-state index in [1.807, 2.05) is 67.5 Å². The minimum atomic E-state index is -3.76. The summed E-state index contributed by atoms with van der Waals surface area (Å²) in [6.07, 6.45) is 0.775. The summed E-state index contributed by atoms with van der Waals surface area (Å²) in [4.78, 5) is 0. The van der Waals surface area contributed by atoms with Crippen LogP contribution in [0.15, 0.2) is 23.3 Å². The normalized spacial score (nSPS) is 13.2. The molecule has 0 amide bonds. The summed E-state index contributed by atoms with van der Waals surface area (Å²) >= 11 is 0. The Morgan fingerprint density at radius 2 is 1.19 bits per heavy atom. The first-order valence-corrected chi connectivity index (χ1v) is 13.2. The molecule has 1 rings (SSSR count). The van der Waals surface area contributed by atoms with Gasteiger partial charge in [-0.25, -0.2) is 0 Å².